The summed E-state index contributed by atoms with van der Waals surface area (Å²) in [5.74, 6) is 0.0871. The van der Waals surface area contributed by atoms with Crippen molar-refractivity contribution >= 4 is 29.6 Å². The number of aryl methyl sites for hydroxylation is 2. The summed E-state index contributed by atoms with van der Waals surface area (Å²) in [6, 6.07) is 49.6. The van der Waals surface area contributed by atoms with Crippen molar-refractivity contribution < 1.29 is 38.7 Å². The fourth-order valence-corrected chi connectivity index (χ4v) is 12.1. The van der Waals surface area contributed by atoms with E-state index < -0.39 is 41.4 Å². The SMILES string of the molecule is CC(C)(C)OC(=O)N(C(O)C(N)(CO)C1CCc2cc(Sc3cccc(OCc4ccccc4)c3)ccc2C1)C1(C2CCc3cc(Sc4cccc(OCc5ccccc5)c4)ccc3C2)COC(C)(C)OC1. The number of carbonyl (C=O) groups excluding carboxylic acids is 1. The van der Waals surface area contributed by atoms with Gasteiger partial charge < -0.3 is 39.6 Å². The van der Waals surface area contributed by atoms with Gasteiger partial charge in [-0.2, -0.15) is 0 Å². The van der Waals surface area contributed by atoms with Gasteiger partial charge in [-0.3, -0.25) is 4.90 Å². The van der Waals surface area contributed by atoms with E-state index in [9.17, 15) is 15.0 Å². The molecule has 4 atom stereocenters. The van der Waals surface area contributed by atoms with Gasteiger partial charge in [0.1, 0.15) is 30.3 Å². The average Bonchev–Trinajstić information content (AvgIpc) is 3.38. The summed E-state index contributed by atoms with van der Waals surface area (Å²) in [6.07, 6.45) is 1.42. The van der Waals surface area contributed by atoms with Crippen molar-refractivity contribution in [2.75, 3.05) is 19.8 Å². The number of hydrogen-bond acceptors (Lipinski definition) is 11. The quantitative estimate of drug-likeness (QED) is 0.0801. The molecular weight excluding hydrogens is 941 g/mol. The van der Waals surface area contributed by atoms with E-state index in [0.29, 0.717) is 45.3 Å². The first-order valence-electron chi connectivity index (χ1n) is 25.1. The third-order valence-corrected chi connectivity index (χ3v) is 16.3. The molecule has 1 aliphatic heterocycles. The van der Waals surface area contributed by atoms with Crippen LogP contribution < -0.4 is 15.2 Å². The van der Waals surface area contributed by atoms with E-state index in [1.165, 1.54) is 16.0 Å². The Kier molecular flexibility index (Phi) is 15.8. The van der Waals surface area contributed by atoms with Gasteiger partial charge in [0, 0.05) is 19.6 Å². The number of nitrogens with zero attached hydrogens (tertiary/aromatic N) is 1. The summed E-state index contributed by atoms with van der Waals surface area (Å²) in [7, 11) is 0. The van der Waals surface area contributed by atoms with Crippen molar-refractivity contribution in [3.63, 3.8) is 0 Å². The number of aliphatic hydroxyl groups is 2. The molecule has 0 bridgehead atoms. The fraction of sp³-hybridized carbons (Fsp3) is 0.383. The summed E-state index contributed by atoms with van der Waals surface area (Å²) < 4.78 is 31.4. The van der Waals surface area contributed by atoms with Crippen LogP contribution >= 0.6 is 23.5 Å². The van der Waals surface area contributed by atoms with Gasteiger partial charge in [-0.25, -0.2) is 4.79 Å². The lowest BCUT2D eigenvalue weighted by molar-refractivity contribution is -0.306. The summed E-state index contributed by atoms with van der Waals surface area (Å²) in [5, 5.41) is 24.4. The third-order valence-electron chi connectivity index (χ3n) is 14.3. The second-order valence-corrected chi connectivity index (χ2v) is 23.3. The highest BCUT2D eigenvalue weighted by Crippen LogP contribution is 2.46. The number of nitrogens with two attached hydrogens (primary N) is 1. The van der Waals surface area contributed by atoms with Gasteiger partial charge >= 0.3 is 6.09 Å². The van der Waals surface area contributed by atoms with Crippen LogP contribution in [0.15, 0.2) is 165 Å². The summed E-state index contributed by atoms with van der Waals surface area (Å²) in [5.41, 5.74) is 10.6. The Labute approximate surface area is 433 Å². The standard InChI is InChI=1S/C60H68N2O8S2/c1-57(2,3)70-56(65)62(55(64)60(61,38-63)48-27-23-46-33-54(29-25-44(46)31-48)72-52-21-13-19-50(35-52)67-37-42-16-10-7-11-17-42)59(39-68-58(4,5)69-40-59)47-26-22-45-32-53(28-24-43(45)30-47)71-51-20-12-18-49(34-51)66-36-41-14-8-6-9-15-41/h6-21,24-25,28-29,32-35,47-48,55,63-64H,22-23,26-27,30-31,36-40,61H2,1-5H3. The van der Waals surface area contributed by atoms with Gasteiger partial charge in [0.25, 0.3) is 0 Å². The van der Waals surface area contributed by atoms with E-state index in [2.05, 4.69) is 84.9 Å². The summed E-state index contributed by atoms with van der Waals surface area (Å²) in [4.78, 5) is 20.7. The number of aliphatic hydroxyl groups excluding tert-OH is 2. The molecule has 72 heavy (non-hydrogen) atoms. The zero-order chi connectivity index (χ0) is 50.5. The number of hydrogen-bond donors (Lipinski definition) is 3. The van der Waals surface area contributed by atoms with Crippen LogP contribution in [0, 0.1) is 11.8 Å². The molecule has 0 saturated carbocycles. The van der Waals surface area contributed by atoms with Crippen LogP contribution in [-0.4, -0.2) is 69.7 Å². The lowest BCUT2D eigenvalue weighted by Gasteiger charge is -2.57. The summed E-state index contributed by atoms with van der Waals surface area (Å²) >= 11 is 3.37. The Morgan fingerprint density at radius 2 is 1.18 bits per heavy atom. The number of amides is 1. The van der Waals surface area contributed by atoms with Gasteiger partial charge in [0.05, 0.1) is 30.9 Å². The molecule has 6 aromatic carbocycles. The van der Waals surface area contributed by atoms with Crippen LogP contribution in [0.1, 0.15) is 80.8 Å². The maximum Gasteiger partial charge on any atom is 0.413 e. The molecule has 4 unspecified atom stereocenters. The highest BCUT2D eigenvalue weighted by atomic mass is 32.2. The van der Waals surface area contributed by atoms with E-state index in [1.807, 2.05) is 95.3 Å². The monoisotopic (exact) mass is 1010 g/mol. The molecule has 1 saturated heterocycles. The average molecular weight is 1010 g/mol. The van der Waals surface area contributed by atoms with Crippen LogP contribution in [0.5, 0.6) is 11.5 Å². The lowest BCUT2D eigenvalue weighted by atomic mass is 9.69. The van der Waals surface area contributed by atoms with Crippen LogP contribution in [0.4, 0.5) is 4.79 Å². The maximum absolute atomic E-state index is 14.9. The molecule has 0 radical (unpaired) electrons. The van der Waals surface area contributed by atoms with Crippen molar-refractivity contribution in [2.24, 2.45) is 17.6 Å². The Balaban J connectivity index is 0.936. The number of carbonyl (C=O) groups is 1. The van der Waals surface area contributed by atoms with Crippen molar-refractivity contribution in [3.05, 3.63) is 179 Å². The molecule has 12 heteroatoms. The minimum Gasteiger partial charge on any atom is -0.489 e. The molecule has 4 N–H and O–H groups in total. The highest BCUT2D eigenvalue weighted by molar-refractivity contribution is 7.99. The number of ether oxygens (including phenoxy) is 5. The molecule has 378 valence electrons. The minimum absolute atomic E-state index is 0.0738. The van der Waals surface area contributed by atoms with E-state index in [0.717, 1.165) is 59.8 Å². The normalized spacial score (nSPS) is 19.4. The van der Waals surface area contributed by atoms with Crippen molar-refractivity contribution in [3.8, 4) is 11.5 Å². The Morgan fingerprint density at radius 3 is 1.69 bits per heavy atom. The molecule has 2 aliphatic carbocycles. The van der Waals surface area contributed by atoms with Crippen molar-refractivity contribution in [1.82, 2.24) is 4.90 Å². The van der Waals surface area contributed by atoms with Crippen LogP contribution in [0.25, 0.3) is 0 Å². The van der Waals surface area contributed by atoms with E-state index in [1.54, 1.807) is 23.5 Å². The lowest BCUT2D eigenvalue weighted by Crippen LogP contribution is -2.76. The van der Waals surface area contributed by atoms with Crippen LogP contribution in [-0.2, 0) is 53.1 Å². The molecule has 3 aliphatic rings. The van der Waals surface area contributed by atoms with Gasteiger partial charge in [-0.05, 0) is 179 Å². The minimum atomic E-state index is -1.66. The fourth-order valence-electron chi connectivity index (χ4n) is 10.3. The predicted molar refractivity (Wildman–Crippen MR) is 283 cm³/mol. The predicted octanol–water partition coefficient (Wildman–Crippen LogP) is 11.8. The Bertz CT molecular complexity index is 2790. The van der Waals surface area contributed by atoms with E-state index in [4.69, 9.17) is 29.4 Å². The molecular formula is C60H68N2O8S2. The molecule has 9 rings (SSSR count). The van der Waals surface area contributed by atoms with Gasteiger partial charge in [0.2, 0.25) is 0 Å². The van der Waals surface area contributed by atoms with Crippen LogP contribution in [0.2, 0.25) is 0 Å². The zero-order valence-corrected chi connectivity index (χ0v) is 43.7. The van der Waals surface area contributed by atoms with Gasteiger partial charge in [0.15, 0.2) is 12.0 Å². The maximum atomic E-state index is 14.9. The first kappa shape index (κ1) is 51.6. The summed E-state index contributed by atoms with van der Waals surface area (Å²) in [6.45, 7) is 9.71. The topological polar surface area (TPSA) is 133 Å². The molecule has 0 spiro atoms. The Hall–Kier alpha value is -5.31. The molecule has 1 heterocycles. The number of benzene rings is 6. The zero-order valence-electron chi connectivity index (χ0n) is 42.1. The smallest absolute Gasteiger partial charge is 0.413 e. The molecule has 10 nitrogen and oxygen atoms in total. The molecule has 1 fully saturated rings. The van der Waals surface area contributed by atoms with Crippen LogP contribution in [0.3, 0.4) is 0 Å². The molecule has 0 aromatic heterocycles. The number of fused-ring (bicyclic) bond motifs is 2. The van der Waals surface area contributed by atoms with Gasteiger partial charge in [-0.15, -0.1) is 0 Å². The second kappa shape index (κ2) is 22.0. The first-order valence-corrected chi connectivity index (χ1v) is 26.7. The van der Waals surface area contributed by atoms with Gasteiger partial charge in [-0.1, -0.05) is 108 Å². The highest BCUT2D eigenvalue weighted by Gasteiger charge is 2.59. The number of rotatable bonds is 16. The largest absolute Gasteiger partial charge is 0.489 e. The van der Waals surface area contributed by atoms with Crippen molar-refractivity contribution in [1.29, 1.82) is 0 Å². The van der Waals surface area contributed by atoms with Crippen molar-refractivity contribution in [2.45, 2.75) is 135 Å². The molecule has 1 amide bonds. The van der Waals surface area contributed by atoms with E-state index in [-0.39, 0.29) is 25.0 Å². The first-order chi connectivity index (χ1) is 34.6. The Morgan fingerprint density at radius 1 is 0.681 bits per heavy atom. The third kappa shape index (κ3) is 12.2. The molecule has 6 aromatic rings. The van der Waals surface area contributed by atoms with E-state index >= 15 is 0 Å². The second-order valence-electron chi connectivity index (χ2n) is 21.0.